The molecule has 0 aliphatic carbocycles. The van der Waals surface area contributed by atoms with E-state index in [2.05, 4.69) is 52.3 Å². The molecular formula is C14H20N4S2. The maximum absolute atomic E-state index is 4.63. The lowest BCUT2D eigenvalue weighted by Crippen LogP contribution is -2.15. The molecule has 3 rings (SSSR count). The summed E-state index contributed by atoms with van der Waals surface area (Å²) in [6.45, 7) is 6.02. The molecule has 1 saturated heterocycles. The first-order valence-corrected chi connectivity index (χ1v) is 9.00. The summed E-state index contributed by atoms with van der Waals surface area (Å²) in [6.07, 6.45) is 2.66. The normalized spacial score (nSPS) is 18.6. The van der Waals surface area contributed by atoms with Crippen molar-refractivity contribution in [2.24, 2.45) is 0 Å². The Labute approximate surface area is 127 Å². The summed E-state index contributed by atoms with van der Waals surface area (Å²) in [5.41, 5.74) is 0. The number of hydrogen-bond donors (Lipinski definition) is 2. The van der Waals surface area contributed by atoms with E-state index in [1.54, 1.807) is 11.3 Å². The Morgan fingerprint density at radius 3 is 3.00 bits per heavy atom. The first-order valence-electron chi connectivity index (χ1n) is 7.14. The van der Waals surface area contributed by atoms with Gasteiger partial charge in [0, 0.05) is 23.2 Å². The van der Waals surface area contributed by atoms with E-state index in [0.717, 1.165) is 40.3 Å². The van der Waals surface area contributed by atoms with Crippen LogP contribution >= 0.6 is 23.1 Å². The van der Waals surface area contributed by atoms with Crippen LogP contribution in [0.3, 0.4) is 0 Å². The lowest BCUT2D eigenvalue weighted by atomic mass is 10.2. The third kappa shape index (κ3) is 3.01. The van der Waals surface area contributed by atoms with Crippen molar-refractivity contribution in [3.63, 3.8) is 0 Å². The smallest absolute Gasteiger partial charge is 0.226 e. The van der Waals surface area contributed by atoms with Crippen LogP contribution in [-0.4, -0.2) is 34.1 Å². The van der Waals surface area contributed by atoms with Gasteiger partial charge in [0.05, 0.1) is 5.39 Å². The number of rotatable bonds is 5. The molecule has 2 aromatic heterocycles. The van der Waals surface area contributed by atoms with Crippen LogP contribution < -0.4 is 10.6 Å². The Bertz CT molecular complexity index is 590. The summed E-state index contributed by atoms with van der Waals surface area (Å²) in [5, 5.41) is 8.63. The molecule has 0 bridgehead atoms. The molecule has 3 heterocycles. The molecule has 108 valence electrons. The second-order valence-corrected chi connectivity index (χ2v) is 7.66. The minimum absolute atomic E-state index is 0.724. The van der Waals surface area contributed by atoms with Gasteiger partial charge in [-0.25, -0.2) is 4.98 Å². The summed E-state index contributed by atoms with van der Waals surface area (Å²) in [6, 6.07) is 2.18. The minimum Gasteiger partial charge on any atom is -0.368 e. The summed E-state index contributed by atoms with van der Waals surface area (Å²) in [4.78, 5) is 11.6. The van der Waals surface area contributed by atoms with Crippen LogP contribution in [0.5, 0.6) is 0 Å². The largest absolute Gasteiger partial charge is 0.368 e. The highest BCUT2D eigenvalue weighted by Gasteiger charge is 2.17. The Kier molecular flexibility index (Phi) is 4.31. The van der Waals surface area contributed by atoms with E-state index < -0.39 is 0 Å². The molecule has 1 unspecified atom stereocenters. The SMILES string of the molecule is CCNc1nc(NCC2CCCS2)c2cc(C)sc2n1. The molecule has 6 heteroatoms. The highest BCUT2D eigenvalue weighted by Crippen LogP contribution is 2.31. The molecule has 0 radical (unpaired) electrons. The first kappa shape index (κ1) is 13.9. The average molecular weight is 308 g/mol. The van der Waals surface area contributed by atoms with Crippen molar-refractivity contribution >= 4 is 45.1 Å². The Balaban J connectivity index is 1.85. The van der Waals surface area contributed by atoms with Gasteiger partial charge in [0.2, 0.25) is 5.95 Å². The first-order chi connectivity index (χ1) is 9.76. The molecule has 1 aliphatic rings. The standard InChI is InChI=1S/C14H20N4S2/c1-3-15-14-17-12(16-8-10-5-4-6-19-10)11-7-9(2)20-13(11)18-14/h7,10H,3-6,8H2,1-2H3,(H2,15,16,17,18). The quantitative estimate of drug-likeness (QED) is 0.881. The van der Waals surface area contributed by atoms with Gasteiger partial charge in [0.1, 0.15) is 10.6 Å². The lowest BCUT2D eigenvalue weighted by Gasteiger charge is -2.12. The summed E-state index contributed by atoms with van der Waals surface area (Å²) < 4.78 is 0. The molecular weight excluding hydrogens is 288 g/mol. The number of aromatic nitrogens is 2. The number of thiophene rings is 1. The van der Waals surface area contributed by atoms with Crippen molar-refractivity contribution in [3.05, 3.63) is 10.9 Å². The average Bonchev–Trinajstić information content (AvgIpc) is 3.04. The van der Waals surface area contributed by atoms with E-state index in [4.69, 9.17) is 0 Å². The van der Waals surface area contributed by atoms with Gasteiger partial charge in [-0.1, -0.05) is 0 Å². The van der Waals surface area contributed by atoms with E-state index >= 15 is 0 Å². The van der Waals surface area contributed by atoms with Gasteiger partial charge in [-0.05, 0) is 38.5 Å². The highest BCUT2D eigenvalue weighted by atomic mass is 32.2. The van der Waals surface area contributed by atoms with Gasteiger partial charge in [0.15, 0.2) is 0 Å². The van der Waals surface area contributed by atoms with Gasteiger partial charge in [0.25, 0.3) is 0 Å². The number of hydrogen-bond acceptors (Lipinski definition) is 6. The van der Waals surface area contributed by atoms with Crippen LogP contribution in [0.15, 0.2) is 6.07 Å². The van der Waals surface area contributed by atoms with Crippen LogP contribution in [0.25, 0.3) is 10.2 Å². The van der Waals surface area contributed by atoms with E-state index in [0.29, 0.717) is 0 Å². The molecule has 4 nitrogen and oxygen atoms in total. The van der Waals surface area contributed by atoms with Crippen molar-refractivity contribution in [3.8, 4) is 0 Å². The van der Waals surface area contributed by atoms with Gasteiger partial charge in [-0.2, -0.15) is 16.7 Å². The number of anilines is 2. The Hall–Kier alpha value is -1.01. The molecule has 2 N–H and O–H groups in total. The van der Waals surface area contributed by atoms with E-state index in [1.807, 2.05) is 0 Å². The second kappa shape index (κ2) is 6.18. The van der Waals surface area contributed by atoms with Crippen molar-refractivity contribution in [2.45, 2.75) is 31.9 Å². The van der Waals surface area contributed by atoms with Gasteiger partial charge in [-0.3, -0.25) is 0 Å². The lowest BCUT2D eigenvalue weighted by molar-refractivity contribution is 0.804. The highest BCUT2D eigenvalue weighted by molar-refractivity contribution is 8.00. The van der Waals surface area contributed by atoms with Crippen LogP contribution in [0.2, 0.25) is 0 Å². The van der Waals surface area contributed by atoms with E-state index in [9.17, 15) is 0 Å². The molecule has 20 heavy (non-hydrogen) atoms. The molecule has 1 fully saturated rings. The fourth-order valence-corrected chi connectivity index (χ4v) is 4.51. The molecule has 0 spiro atoms. The monoisotopic (exact) mass is 308 g/mol. The minimum atomic E-state index is 0.724. The predicted octanol–water partition coefficient (Wildman–Crippen LogP) is 3.74. The summed E-state index contributed by atoms with van der Waals surface area (Å²) in [5.74, 6) is 3.00. The number of aryl methyl sites for hydroxylation is 1. The fraction of sp³-hybridized carbons (Fsp3) is 0.571. The zero-order chi connectivity index (χ0) is 13.9. The zero-order valence-corrected chi connectivity index (χ0v) is 13.5. The molecule has 0 aromatic carbocycles. The van der Waals surface area contributed by atoms with Crippen LogP contribution in [0, 0.1) is 6.92 Å². The Morgan fingerprint density at radius 1 is 1.35 bits per heavy atom. The van der Waals surface area contributed by atoms with Crippen LogP contribution in [0.1, 0.15) is 24.6 Å². The number of fused-ring (bicyclic) bond motifs is 1. The third-order valence-corrected chi connectivity index (χ3v) is 5.71. The zero-order valence-electron chi connectivity index (χ0n) is 11.9. The van der Waals surface area contributed by atoms with Crippen molar-refractivity contribution in [2.75, 3.05) is 29.5 Å². The van der Waals surface area contributed by atoms with Gasteiger partial charge < -0.3 is 10.6 Å². The molecule has 0 amide bonds. The maximum atomic E-state index is 4.63. The van der Waals surface area contributed by atoms with Crippen molar-refractivity contribution in [1.29, 1.82) is 0 Å². The fourth-order valence-electron chi connectivity index (χ4n) is 2.43. The van der Waals surface area contributed by atoms with Crippen molar-refractivity contribution in [1.82, 2.24) is 9.97 Å². The molecule has 0 saturated carbocycles. The maximum Gasteiger partial charge on any atom is 0.226 e. The van der Waals surface area contributed by atoms with E-state index in [-0.39, 0.29) is 0 Å². The summed E-state index contributed by atoms with van der Waals surface area (Å²) in [7, 11) is 0. The molecule has 1 atom stereocenters. The number of thioether (sulfide) groups is 1. The number of nitrogens with one attached hydrogen (secondary N) is 2. The predicted molar refractivity (Wildman–Crippen MR) is 90.3 cm³/mol. The van der Waals surface area contributed by atoms with Crippen LogP contribution in [-0.2, 0) is 0 Å². The summed E-state index contributed by atoms with van der Waals surface area (Å²) >= 11 is 3.80. The molecule has 2 aromatic rings. The number of nitrogens with zero attached hydrogens (tertiary/aromatic N) is 2. The Morgan fingerprint density at radius 2 is 2.25 bits per heavy atom. The second-order valence-electron chi connectivity index (χ2n) is 5.02. The van der Waals surface area contributed by atoms with Crippen molar-refractivity contribution < 1.29 is 0 Å². The van der Waals surface area contributed by atoms with Crippen LogP contribution in [0.4, 0.5) is 11.8 Å². The van der Waals surface area contributed by atoms with Gasteiger partial charge in [-0.15, -0.1) is 11.3 Å². The van der Waals surface area contributed by atoms with E-state index in [1.165, 1.54) is 23.5 Å². The third-order valence-electron chi connectivity index (χ3n) is 3.37. The van der Waals surface area contributed by atoms with Gasteiger partial charge >= 0.3 is 0 Å². The molecule has 1 aliphatic heterocycles. The topological polar surface area (TPSA) is 49.8 Å².